The Labute approximate surface area is 431 Å². The largest absolute Gasteiger partial charge is 0.479 e. The van der Waals surface area contributed by atoms with Gasteiger partial charge in [0.25, 0.3) is 0 Å². The first-order chi connectivity index (χ1) is 34.6. The fourth-order valence-corrected chi connectivity index (χ4v) is 8.80. The van der Waals surface area contributed by atoms with Crippen LogP contribution in [0.1, 0.15) is 265 Å². The van der Waals surface area contributed by atoms with Crippen molar-refractivity contribution in [1.29, 1.82) is 0 Å². The Morgan fingerprint density at radius 3 is 1.35 bits per heavy atom. The molecular formula is C59H104O12. The SMILES string of the molecule is CC/C=C\C/C=C\C/C=C\CCCCCCCC(=O)OC(COC(=O)CCCCCCCCCCCCCCCCCCC)COC1OC(C(=O)O)C(O)C(O)C1OC(=O)CCCCCCCCCCC. The molecule has 1 heterocycles. The van der Waals surface area contributed by atoms with Crippen molar-refractivity contribution in [3.63, 3.8) is 0 Å². The molecular weight excluding hydrogens is 901 g/mol. The number of rotatable bonds is 49. The lowest BCUT2D eigenvalue weighted by atomic mass is 9.98. The third kappa shape index (κ3) is 38.2. The Balaban J connectivity index is 2.67. The predicted molar refractivity (Wildman–Crippen MR) is 285 cm³/mol. The van der Waals surface area contributed by atoms with Crippen LogP contribution >= 0.6 is 0 Å². The third-order valence-corrected chi connectivity index (χ3v) is 13.2. The summed E-state index contributed by atoms with van der Waals surface area (Å²) in [5.41, 5.74) is 0. The number of aliphatic hydroxyl groups is 2. The highest BCUT2D eigenvalue weighted by Crippen LogP contribution is 2.26. The molecule has 412 valence electrons. The van der Waals surface area contributed by atoms with Crippen LogP contribution in [0, 0.1) is 0 Å². The van der Waals surface area contributed by atoms with E-state index in [-0.39, 0.29) is 25.9 Å². The number of carboxylic acid groups (broad SMARTS) is 1. The van der Waals surface area contributed by atoms with Gasteiger partial charge in [0.05, 0.1) is 6.61 Å². The van der Waals surface area contributed by atoms with Crippen molar-refractivity contribution >= 4 is 23.9 Å². The summed E-state index contributed by atoms with van der Waals surface area (Å²) in [5.74, 6) is -3.12. The zero-order valence-electron chi connectivity index (χ0n) is 45.2. The van der Waals surface area contributed by atoms with Gasteiger partial charge in [-0.05, 0) is 51.4 Å². The van der Waals surface area contributed by atoms with Crippen LogP contribution in [-0.2, 0) is 42.9 Å². The maximum absolute atomic E-state index is 13.1. The lowest BCUT2D eigenvalue weighted by Gasteiger charge is -2.40. The first kappa shape index (κ1) is 66.0. The summed E-state index contributed by atoms with van der Waals surface area (Å²) < 4.78 is 28.4. The fraction of sp³-hybridized carbons (Fsp3) is 0.831. The van der Waals surface area contributed by atoms with Crippen LogP contribution < -0.4 is 0 Å². The van der Waals surface area contributed by atoms with E-state index >= 15 is 0 Å². The van der Waals surface area contributed by atoms with Gasteiger partial charge in [0.1, 0.15) is 18.8 Å². The number of carbonyl (C=O) groups is 4. The summed E-state index contributed by atoms with van der Waals surface area (Å²) in [6, 6.07) is 0. The quantitative estimate of drug-likeness (QED) is 0.0228. The topological polar surface area (TPSA) is 175 Å². The second-order valence-corrected chi connectivity index (χ2v) is 19.9. The fourth-order valence-electron chi connectivity index (χ4n) is 8.80. The van der Waals surface area contributed by atoms with Gasteiger partial charge in [-0.1, -0.05) is 231 Å². The summed E-state index contributed by atoms with van der Waals surface area (Å²) >= 11 is 0. The number of unbranched alkanes of at least 4 members (excludes halogenated alkanes) is 29. The number of carboxylic acids is 1. The van der Waals surface area contributed by atoms with Gasteiger partial charge in [-0.2, -0.15) is 0 Å². The van der Waals surface area contributed by atoms with E-state index < -0.39 is 67.3 Å². The monoisotopic (exact) mass is 1000 g/mol. The third-order valence-electron chi connectivity index (χ3n) is 13.2. The molecule has 0 amide bonds. The molecule has 0 aromatic rings. The summed E-state index contributed by atoms with van der Waals surface area (Å²) in [4.78, 5) is 50.9. The molecule has 6 atom stereocenters. The lowest BCUT2D eigenvalue weighted by Crippen LogP contribution is -2.61. The molecule has 1 aliphatic heterocycles. The van der Waals surface area contributed by atoms with Gasteiger partial charge in [0.15, 0.2) is 24.6 Å². The molecule has 1 fully saturated rings. The molecule has 12 heteroatoms. The first-order valence-electron chi connectivity index (χ1n) is 29.0. The molecule has 71 heavy (non-hydrogen) atoms. The van der Waals surface area contributed by atoms with E-state index in [9.17, 15) is 34.5 Å². The van der Waals surface area contributed by atoms with Gasteiger partial charge < -0.3 is 39.0 Å². The average molecular weight is 1010 g/mol. The van der Waals surface area contributed by atoms with E-state index in [4.69, 9.17) is 23.7 Å². The number of ether oxygens (including phenoxy) is 5. The molecule has 0 saturated carbocycles. The molecule has 3 N–H and O–H groups in total. The maximum Gasteiger partial charge on any atom is 0.335 e. The summed E-state index contributed by atoms with van der Waals surface area (Å²) in [6.45, 7) is 5.85. The molecule has 0 aromatic heterocycles. The Kier molecular flexibility index (Phi) is 44.5. The summed E-state index contributed by atoms with van der Waals surface area (Å²) in [6.07, 6.45) is 42.8. The van der Waals surface area contributed by atoms with E-state index in [0.29, 0.717) is 19.3 Å². The smallest absolute Gasteiger partial charge is 0.335 e. The highest BCUT2D eigenvalue weighted by atomic mass is 16.7. The lowest BCUT2D eigenvalue weighted by molar-refractivity contribution is -0.301. The molecule has 1 saturated heterocycles. The zero-order chi connectivity index (χ0) is 51.8. The molecule has 1 rings (SSSR count). The number of allylic oxidation sites excluding steroid dienone is 6. The number of hydrogen-bond donors (Lipinski definition) is 3. The molecule has 0 bridgehead atoms. The van der Waals surface area contributed by atoms with Crippen molar-refractivity contribution < 1.29 is 58.2 Å². The molecule has 1 aliphatic rings. The van der Waals surface area contributed by atoms with Crippen LogP contribution in [0.15, 0.2) is 36.5 Å². The van der Waals surface area contributed by atoms with Crippen molar-refractivity contribution in [2.24, 2.45) is 0 Å². The van der Waals surface area contributed by atoms with E-state index in [1.807, 2.05) is 0 Å². The molecule has 12 nitrogen and oxygen atoms in total. The van der Waals surface area contributed by atoms with Crippen LogP contribution in [0.25, 0.3) is 0 Å². The summed E-state index contributed by atoms with van der Waals surface area (Å²) in [5, 5.41) is 31.4. The Morgan fingerprint density at radius 2 is 0.887 bits per heavy atom. The van der Waals surface area contributed by atoms with Crippen molar-refractivity contribution in [2.75, 3.05) is 13.2 Å². The Bertz CT molecular complexity index is 1380. The maximum atomic E-state index is 13.1. The number of aliphatic carboxylic acids is 1. The molecule has 6 unspecified atom stereocenters. The standard InChI is InChI=1S/C59H104O12/c1-4-7-10-13-16-19-21-23-25-26-28-29-31-34-36-39-42-45-51(60)67-48-50(69-52(61)46-43-40-38-35-32-30-27-24-22-20-17-14-11-8-5-2)49-68-59-57(55(64)54(63)56(71-59)58(65)66)70-53(62)47-44-41-37-33-18-15-12-9-6-3/h8,11,17,20,24,27,50,54-57,59,63-64H,4-7,9-10,12-16,18-19,21-23,25-26,28-49H2,1-3H3,(H,65,66)/b11-8-,20-17-,27-24-. The number of esters is 3. The minimum Gasteiger partial charge on any atom is -0.479 e. The van der Waals surface area contributed by atoms with Crippen LogP contribution in [0.2, 0.25) is 0 Å². The molecule has 0 spiro atoms. The summed E-state index contributed by atoms with van der Waals surface area (Å²) in [7, 11) is 0. The van der Waals surface area contributed by atoms with Crippen molar-refractivity contribution in [3.8, 4) is 0 Å². The number of aliphatic hydroxyl groups excluding tert-OH is 2. The van der Waals surface area contributed by atoms with Crippen molar-refractivity contribution in [3.05, 3.63) is 36.5 Å². The second kappa shape index (κ2) is 47.9. The van der Waals surface area contributed by atoms with Gasteiger partial charge >= 0.3 is 23.9 Å². The number of hydrogen-bond acceptors (Lipinski definition) is 11. The van der Waals surface area contributed by atoms with Gasteiger partial charge in [-0.25, -0.2) is 4.79 Å². The van der Waals surface area contributed by atoms with Gasteiger partial charge in [-0.3, -0.25) is 14.4 Å². The van der Waals surface area contributed by atoms with E-state index in [0.717, 1.165) is 96.3 Å². The average Bonchev–Trinajstić information content (AvgIpc) is 3.35. The minimum atomic E-state index is -1.90. The molecule has 0 aromatic carbocycles. The van der Waals surface area contributed by atoms with Crippen LogP contribution in [-0.4, -0.2) is 89.2 Å². The van der Waals surface area contributed by atoms with Gasteiger partial charge in [0.2, 0.25) is 0 Å². The normalized spacial score (nSPS) is 18.7. The van der Waals surface area contributed by atoms with E-state index in [1.54, 1.807) is 0 Å². The first-order valence-corrected chi connectivity index (χ1v) is 29.0. The van der Waals surface area contributed by atoms with Gasteiger partial charge in [0, 0.05) is 19.3 Å². The molecule has 0 aliphatic carbocycles. The van der Waals surface area contributed by atoms with Crippen molar-refractivity contribution in [2.45, 2.75) is 302 Å². The van der Waals surface area contributed by atoms with Crippen molar-refractivity contribution in [1.82, 2.24) is 0 Å². The molecule has 0 radical (unpaired) electrons. The predicted octanol–water partition coefficient (Wildman–Crippen LogP) is 14.5. The minimum absolute atomic E-state index is 0.0619. The highest BCUT2D eigenvalue weighted by molar-refractivity contribution is 5.74. The van der Waals surface area contributed by atoms with E-state index in [2.05, 4.69) is 57.2 Å². The zero-order valence-corrected chi connectivity index (χ0v) is 45.2. The van der Waals surface area contributed by atoms with Gasteiger partial charge in [-0.15, -0.1) is 0 Å². The Hall–Kier alpha value is -3.06. The Morgan fingerprint density at radius 1 is 0.479 bits per heavy atom. The van der Waals surface area contributed by atoms with Crippen LogP contribution in [0.5, 0.6) is 0 Å². The number of carbonyl (C=O) groups excluding carboxylic acids is 3. The van der Waals surface area contributed by atoms with E-state index in [1.165, 1.54) is 109 Å². The highest BCUT2D eigenvalue weighted by Gasteiger charge is 2.50. The van der Waals surface area contributed by atoms with Crippen LogP contribution in [0.4, 0.5) is 0 Å². The second-order valence-electron chi connectivity index (χ2n) is 19.9. The van der Waals surface area contributed by atoms with Crippen LogP contribution in [0.3, 0.4) is 0 Å².